The van der Waals surface area contributed by atoms with Gasteiger partial charge in [-0.1, -0.05) is 102 Å². The van der Waals surface area contributed by atoms with E-state index in [0.29, 0.717) is 43.6 Å². The number of carbonyl (C=O) groups is 2. The molecular formula is C29H23Cl2N3O4S2. The number of rotatable bonds is 9. The molecular weight excluding hydrogens is 589 g/mol. The number of aliphatic hydroxyl groups is 1. The van der Waals surface area contributed by atoms with Crippen LogP contribution >= 0.6 is 46.3 Å². The predicted molar refractivity (Wildman–Crippen MR) is 159 cm³/mol. The molecule has 0 radical (unpaired) electrons. The van der Waals surface area contributed by atoms with E-state index in [2.05, 4.69) is 10.2 Å². The molecule has 1 N–H and O–H groups in total. The normalized spacial score (nSPS) is 16.5. The molecule has 7 nitrogen and oxygen atoms in total. The Bertz CT molecular complexity index is 1590. The van der Waals surface area contributed by atoms with Gasteiger partial charge < -0.3 is 9.84 Å². The molecule has 0 spiro atoms. The van der Waals surface area contributed by atoms with E-state index in [1.807, 2.05) is 19.1 Å². The molecule has 1 amide bonds. The summed E-state index contributed by atoms with van der Waals surface area (Å²) in [5.41, 5.74) is 1.88. The summed E-state index contributed by atoms with van der Waals surface area (Å²) in [5, 5.41) is 21.1. The second kappa shape index (κ2) is 12.4. The topological polar surface area (TPSA) is 92.6 Å². The summed E-state index contributed by atoms with van der Waals surface area (Å²) in [4.78, 5) is 28.2. The van der Waals surface area contributed by atoms with Crippen LogP contribution in [0.3, 0.4) is 0 Å². The number of hydrogen-bond donors (Lipinski definition) is 1. The number of hydrogen-bond acceptors (Lipinski definition) is 8. The average Bonchev–Trinajstić information content (AvgIpc) is 3.53. The molecule has 3 aromatic carbocycles. The van der Waals surface area contributed by atoms with E-state index < -0.39 is 17.7 Å². The lowest BCUT2D eigenvalue weighted by Crippen LogP contribution is -2.29. The van der Waals surface area contributed by atoms with Crippen molar-refractivity contribution >= 4 is 68.9 Å². The van der Waals surface area contributed by atoms with Gasteiger partial charge in [-0.25, -0.2) is 0 Å². The van der Waals surface area contributed by atoms with Crippen molar-refractivity contribution in [3.63, 3.8) is 0 Å². The number of carbonyl (C=O) groups excluding carboxylic acids is 2. The summed E-state index contributed by atoms with van der Waals surface area (Å²) in [5.74, 6) is -0.752. The largest absolute Gasteiger partial charge is 0.507 e. The van der Waals surface area contributed by atoms with Gasteiger partial charge in [-0.2, -0.15) is 0 Å². The van der Waals surface area contributed by atoms with Gasteiger partial charge in [-0.15, -0.1) is 10.2 Å². The summed E-state index contributed by atoms with van der Waals surface area (Å²) < 4.78 is 6.40. The van der Waals surface area contributed by atoms with Crippen LogP contribution in [0.25, 0.3) is 5.76 Å². The third-order valence-corrected chi connectivity index (χ3v) is 8.80. The zero-order valence-electron chi connectivity index (χ0n) is 21.2. The number of thioether (sulfide) groups is 1. The first-order chi connectivity index (χ1) is 19.4. The molecule has 2 heterocycles. The Hall–Kier alpha value is -3.37. The summed E-state index contributed by atoms with van der Waals surface area (Å²) >= 11 is 14.9. The van der Waals surface area contributed by atoms with E-state index in [9.17, 15) is 14.7 Å². The maximum Gasteiger partial charge on any atom is 0.301 e. The Morgan fingerprint density at radius 1 is 1.05 bits per heavy atom. The van der Waals surface area contributed by atoms with Crippen molar-refractivity contribution in [2.75, 3.05) is 11.5 Å². The number of ketones is 1. The third-order valence-electron chi connectivity index (χ3n) is 6.11. The fourth-order valence-electron chi connectivity index (χ4n) is 4.23. The van der Waals surface area contributed by atoms with Crippen LogP contribution in [-0.4, -0.2) is 33.6 Å². The number of halogens is 2. The van der Waals surface area contributed by atoms with E-state index in [4.69, 9.17) is 27.9 Å². The molecule has 11 heteroatoms. The van der Waals surface area contributed by atoms with E-state index in [1.165, 1.54) is 28.0 Å². The lowest BCUT2D eigenvalue weighted by atomic mass is 9.95. The molecule has 1 aliphatic rings. The molecule has 5 rings (SSSR count). The summed E-state index contributed by atoms with van der Waals surface area (Å²) in [6, 6.07) is 20.2. The maximum absolute atomic E-state index is 13.5. The fourth-order valence-corrected chi connectivity index (χ4v) is 6.65. The molecule has 1 fully saturated rings. The van der Waals surface area contributed by atoms with Crippen molar-refractivity contribution < 1.29 is 19.4 Å². The number of ether oxygens (including phenoxy) is 1. The molecule has 1 aliphatic heterocycles. The first-order valence-corrected chi connectivity index (χ1v) is 14.9. The van der Waals surface area contributed by atoms with E-state index in [0.717, 1.165) is 12.0 Å². The monoisotopic (exact) mass is 611 g/mol. The molecule has 0 saturated carbocycles. The summed E-state index contributed by atoms with van der Waals surface area (Å²) in [6.45, 7) is 2.52. The van der Waals surface area contributed by atoms with Crippen molar-refractivity contribution in [1.82, 2.24) is 10.2 Å². The van der Waals surface area contributed by atoms with Crippen LogP contribution in [0.15, 0.2) is 82.7 Å². The number of anilines is 1. The zero-order valence-corrected chi connectivity index (χ0v) is 24.4. The maximum atomic E-state index is 13.5. The van der Waals surface area contributed by atoms with Crippen molar-refractivity contribution in [3.05, 3.63) is 105 Å². The van der Waals surface area contributed by atoms with Gasteiger partial charge in [-0.05, 0) is 41.8 Å². The van der Waals surface area contributed by atoms with Crippen LogP contribution in [0.5, 0.6) is 5.75 Å². The first kappa shape index (κ1) is 28.2. The molecule has 0 bridgehead atoms. The van der Waals surface area contributed by atoms with Crippen LogP contribution in [0.4, 0.5) is 5.13 Å². The quantitative estimate of drug-likeness (QED) is 0.0686. The summed E-state index contributed by atoms with van der Waals surface area (Å²) in [7, 11) is 0. The Morgan fingerprint density at radius 2 is 1.85 bits per heavy atom. The van der Waals surface area contributed by atoms with Gasteiger partial charge in [-0.3, -0.25) is 14.5 Å². The number of aromatic nitrogens is 2. The minimum atomic E-state index is -0.929. The molecule has 4 aromatic rings. The van der Waals surface area contributed by atoms with Crippen molar-refractivity contribution in [3.8, 4) is 5.75 Å². The van der Waals surface area contributed by atoms with Gasteiger partial charge in [0.2, 0.25) is 5.13 Å². The highest BCUT2D eigenvalue weighted by Crippen LogP contribution is 2.44. The smallest absolute Gasteiger partial charge is 0.301 e. The van der Waals surface area contributed by atoms with Crippen LogP contribution in [-0.2, 0) is 15.3 Å². The highest BCUT2D eigenvalue weighted by molar-refractivity contribution is 8.00. The molecule has 1 saturated heterocycles. The summed E-state index contributed by atoms with van der Waals surface area (Å²) in [6.07, 6.45) is 0.823. The average molecular weight is 613 g/mol. The van der Waals surface area contributed by atoms with E-state index >= 15 is 0 Å². The minimum Gasteiger partial charge on any atom is -0.507 e. The third kappa shape index (κ3) is 5.88. The van der Waals surface area contributed by atoms with Gasteiger partial charge >= 0.3 is 5.91 Å². The minimum absolute atomic E-state index is 0.0267. The number of aliphatic hydroxyl groups excluding tert-OH is 1. The number of benzene rings is 3. The highest BCUT2D eigenvalue weighted by atomic mass is 35.5. The lowest BCUT2D eigenvalue weighted by Gasteiger charge is -2.23. The Morgan fingerprint density at radius 3 is 2.60 bits per heavy atom. The first-order valence-electron chi connectivity index (χ1n) is 12.4. The fraction of sp³-hybridized carbons (Fsp3) is 0.172. The second-order valence-corrected chi connectivity index (χ2v) is 11.9. The van der Waals surface area contributed by atoms with Gasteiger partial charge in [0.05, 0.1) is 18.2 Å². The van der Waals surface area contributed by atoms with Crippen LogP contribution in [0.1, 0.15) is 36.1 Å². The molecule has 1 unspecified atom stereocenters. The second-order valence-electron chi connectivity index (χ2n) is 8.83. The van der Waals surface area contributed by atoms with E-state index in [-0.39, 0.29) is 16.5 Å². The Labute approximate surface area is 249 Å². The molecule has 0 aliphatic carbocycles. The van der Waals surface area contributed by atoms with E-state index in [1.54, 1.807) is 60.7 Å². The number of nitrogens with zero attached hydrogens (tertiary/aromatic N) is 3. The van der Waals surface area contributed by atoms with Gasteiger partial charge in [0, 0.05) is 21.4 Å². The number of Topliss-reactive ketones (excluding diaryl/α,β-unsaturated/α-hetero) is 1. The van der Waals surface area contributed by atoms with Gasteiger partial charge in [0.15, 0.2) is 4.34 Å². The Balaban J connectivity index is 1.53. The number of amides is 1. The van der Waals surface area contributed by atoms with Crippen LogP contribution in [0, 0.1) is 0 Å². The molecule has 1 atom stereocenters. The molecule has 204 valence electrons. The Kier molecular flexibility index (Phi) is 8.75. The van der Waals surface area contributed by atoms with Crippen molar-refractivity contribution in [1.29, 1.82) is 0 Å². The predicted octanol–water partition coefficient (Wildman–Crippen LogP) is 7.55. The zero-order chi connectivity index (χ0) is 28.2. The van der Waals surface area contributed by atoms with Crippen molar-refractivity contribution in [2.45, 2.75) is 29.5 Å². The molecule has 40 heavy (non-hydrogen) atoms. The van der Waals surface area contributed by atoms with Crippen LogP contribution < -0.4 is 9.64 Å². The SMILES string of the molecule is CCCOc1cccc(C2/C(=C(\O)c3ccccc3)C(=O)C(=O)N2c2nnc(SCc3ccc(Cl)cc3Cl)s2)c1. The van der Waals surface area contributed by atoms with Gasteiger partial charge in [0.25, 0.3) is 5.78 Å². The van der Waals surface area contributed by atoms with Crippen molar-refractivity contribution in [2.24, 2.45) is 0 Å². The van der Waals surface area contributed by atoms with Gasteiger partial charge in [0.1, 0.15) is 11.5 Å². The van der Waals surface area contributed by atoms with Crippen LogP contribution in [0.2, 0.25) is 10.0 Å². The molecule has 1 aromatic heterocycles. The highest BCUT2D eigenvalue weighted by Gasteiger charge is 2.48. The lowest BCUT2D eigenvalue weighted by molar-refractivity contribution is -0.132. The standard InChI is InChI=1S/C29H23Cl2N3O4S2/c1-2-13-38-21-10-6-9-18(14-21)24-23(25(35)17-7-4-3-5-8-17)26(36)27(37)34(24)28-32-33-29(40-28)39-16-19-11-12-20(30)15-22(19)31/h3-12,14-15,24,35H,2,13,16H2,1H3/b25-23+.